The van der Waals surface area contributed by atoms with E-state index in [2.05, 4.69) is 45.9 Å². The van der Waals surface area contributed by atoms with Crippen LogP contribution in [0.5, 0.6) is 0 Å². The second-order valence-electron chi connectivity index (χ2n) is 8.94. The summed E-state index contributed by atoms with van der Waals surface area (Å²) in [5.74, 6) is -1.82. The van der Waals surface area contributed by atoms with E-state index >= 15 is 0 Å². The van der Waals surface area contributed by atoms with E-state index in [1.165, 1.54) is 5.56 Å². The van der Waals surface area contributed by atoms with Gasteiger partial charge in [0.05, 0.1) is 11.3 Å². The highest BCUT2D eigenvalue weighted by Gasteiger charge is 2.36. The van der Waals surface area contributed by atoms with Crippen molar-refractivity contribution in [3.63, 3.8) is 0 Å². The lowest BCUT2D eigenvalue weighted by Crippen LogP contribution is -2.33. The van der Waals surface area contributed by atoms with Crippen LogP contribution in [-0.4, -0.2) is 22.2 Å². The summed E-state index contributed by atoms with van der Waals surface area (Å²) >= 11 is 0. The highest BCUT2D eigenvalue weighted by molar-refractivity contribution is 5.73. The summed E-state index contributed by atoms with van der Waals surface area (Å²) in [4.78, 5) is 22.7. The molecular formula is C22H34O4. The third-order valence-corrected chi connectivity index (χ3v) is 5.37. The van der Waals surface area contributed by atoms with Crippen molar-refractivity contribution in [2.24, 2.45) is 11.3 Å². The van der Waals surface area contributed by atoms with Gasteiger partial charge in [-0.05, 0) is 61.1 Å². The number of carboxylic acid groups (broad SMARTS) is 2. The maximum absolute atomic E-state index is 11.6. The Hall–Kier alpha value is -1.84. The van der Waals surface area contributed by atoms with Gasteiger partial charge < -0.3 is 10.2 Å². The first-order valence-corrected chi connectivity index (χ1v) is 9.40. The molecule has 4 heteroatoms. The first-order chi connectivity index (χ1) is 11.8. The zero-order valence-electron chi connectivity index (χ0n) is 17.2. The quantitative estimate of drug-likeness (QED) is 0.630. The monoisotopic (exact) mass is 362 g/mol. The molecule has 1 rings (SSSR count). The Bertz CT molecular complexity index is 658. The minimum atomic E-state index is -0.810. The molecule has 1 aromatic rings. The van der Waals surface area contributed by atoms with Gasteiger partial charge in [0.15, 0.2) is 0 Å². The fourth-order valence-electron chi connectivity index (χ4n) is 3.65. The normalized spacial score (nSPS) is 14.7. The topological polar surface area (TPSA) is 74.6 Å². The van der Waals surface area contributed by atoms with Crippen LogP contribution in [0.2, 0.25) is 0 Å². The molecule has 0 aliphatic rings. The van der Waals surface area contributed by atoms with Gasteiger partial charge in [-0.15, -0.1) is 0 Å². The second-order valence-corrected chi connectivity index (χ2v) is 8.94. The maximum atomic E-state index is 11.6. The first kappa shape index (κ1) is 22.2. The Morgan fingerprint density at radius 2 is 1.62 bits per heavy atom. The number of carboxylic acids is 2. The highest BCUT2D eigenvalue weighted by atomic mass is 16.4. The summed E-state index contributed by atoms with van der Waals surface area (Å²) in [6.07, 6.45) is 2.01. The van der Waals surface area contributed by atoms with E-state index < -0.39 is 23.3 Å². The lowest BCUT2D eigenvalue weighted by atomic mass is 9.70. The number of benzene rings is 1. The minimum absolute atomic E-state index is 0.134. The van der Waals surface area contributed by atoms with Gasteiger partial charge >= 0.3 is 11.9 Å². The van der Waals surface area contributed by atoms with Crippen LogP contribution in [0.15, 0.2) is 18.2 Å². The summed E-state index contributed by atoms with van der Waals surface area (Å²) in [7, 11) is 0. The summed E-state index contributed by atoms with van der Waals surface area (Å²) in [6.45, 7) is 13.6. The molecule has 0 saturated carbocycles. The van der Waals surface area contributed by atoms with Gasteiger partial charge in [-0.25, -0.2) is 0 Å². The molecule has 26 heavy (non-hydrogen) atoms. The van der Waals surface area contributed by atoms with E-state index in [0.29, 0.717) is 12.8 Å². The van der Waals surface area contributed by atoms with Gasteiger partial charge in [-0.3, -0.25) is 9.59 Å². The standard InChI is InChI=1S/C22H34O4/c1-8-16-10-17(14(2)9-15(3)19(23)24)12-18(11-16)21(4,5)13-22(6,7)20(25)26/h10-12,14-15H,8-9,13H2,1-7H3,(H,23,24)(H,25,26). The number of aliphatic carboxylic acids is 2. The largest absolute Gasteiger partial charge is 0.481 e. The summed E-state index contributed by atoms with van der Waals surface area (Å²) < 4.78 is 0. The van der Waals surface area contributed by atoms with Crippen LogP contribution < -0.4 is 0 Å². The van der Waals surface area contributed by atoms with E-state index in [1.54, 1.807) is 20.8 Å². The first-order valence-electron chi connectivity index (χ1n) is 9.40. The molecule has 0 amide bonds. The minimum Gasteiger partial charge on any atom is -0.481 e. The average molecular weight is 363 g/mol. The molecule has 0 aliphatic carbocycles. The van der Waals surface area contributed by atoms with Gasteiger partial charge in [0, 0.05) is 0 Å². The molecule has 0 aromatic heterocycles. The number of aryl methyl sites for hydroxylation is 1. The smallest absolute Gasteiger partial charge is 0.309 e. The predicted octanol–water partition coefficient (Wildman–Crippen LogP) is 5.24. The van der Waals surface area contributed by atoms with Crippen molar-refractivity contribution >= 4 is 11.9 Å². The zero-order chi connectivity index (χ0) is 20.3. The highest BCUT2D eigenvalue weighted by Crippen LogP contribution is 2.38. The van der Waals surface area contributed by atoms with Crippen LogP contribution >= 0.6 is 0 Å². The van der Waals surface area contributed by atoms with Crippen molar-refractivity contribution < 1.29 is 19.8 Å². The molecule has 0 fully saturated rings. The molecule has 0 bridgehead atoms. The van der Waals surface area contributed by atoms with Crippen LogP contribution in [0, 0.1) is 11.3 Å². The Kier molecular flexibility index (Phi) is 7.03. The van der Waals surface area contributed by atoms with Gasteiger partial charge in [-0.1, -0.05) is 52.8 Å². The van der Waals surface area contributed by atoms with E-state index in [4.69, 9.17) is 0 Å². The molecule has 2 unspecified atom stereocenters. The van der Waals surface area contributed by atoms with Gasteiger partial charge in [-0.2, -0.15) is 0 Å². The van der Waals surface area contributed by atoms with Crippen molar-refractivity contribution in [1.29, 1.82) is 0 Å². The number of hydrogen-bond acceptors (Lipinski definition) is 2. The molecule has 1 aromatic carbocycles. The molecule has 0 heterocycles. The van der Waals surface area contributed by atoms with Gasteiger partial charge in [0.25, 0.3) is 0 Å². The van der Waals surface area contributed by atoms with Crippen molar-refractivity contribution in [2.45, 2.75) is 79.1 Å². The van der Waals surface area contributed by atoms with Crippen molar-refractivity contribution in [1.82, 2.24) is 0 Å². The number of carbonyl (C=O) groups is 2. The maximum Gasteiger partial charge on any atom is 0.309 e. The summed E-state index contributed by atoms with van der Waals surface area (Å²) in [5, 5.41) is 18.7. The molecule has 4 nitrogen and oxygen atoms in total. The van der Waals surface area contributed by atoms with Gasteiger partial charge in [0.2, 0.25) is 0 Å². The van der Waals surface area contributed by atoms with Crippen LogP contribution in [0.4, 0.5) is 0 Å². The fraction of sp³-hybridized carbons (Fsp3) is 0.636. The lowest BCUT2D eigenvalue weighted by molar-refractivity contribution is -0.148. The van der Waals surface area contributed by atoms with E-state index in [-0.39, 0.29) is 11.3 Å². The van der Waals surface area contributed by atoms with Crippen molar-refractivity contribution in [2.75, 3.05) is 0 Å². The van der Waals surface area contributed by atoms with E-state index in [9.17, 15) is 19.8 Å². The lowest BCUT2D eigenvalue weighted by Gasteiger charge is -2.33. The molecule has 0 saturated heterocycles. The molecule has 146 valence electrons. The number of rotatable bonds is 9. The Morgan fingerprint density at radius 3 is 2.08 bits per heavy atom. The third kappa shape index (κ3) is 5.58. The predicted molar refractivity (Wildman–Crippen MR) is 105 cm³/mol. The average Bonchev–Trinajstić information content (AvgIpc) is 2.52. The summed E-state index contributed by atoms with van der Waals surface area (Å²) in [6, 6.07) is 6.45. The van der Waals surface area contributed by atoms with Crippen molar-refractivity contribution in [3.05, 3.63) is 34.9 Å². The third-order valence-electron chi connectivity index (χ3n) is 5.37. The van der Waals surface area contributed by atoms with Crippen molar-refractivity contribution in [3.8, 4) is 0 Å². The van der Waals surface area contributed by atoms with Crippen LogP contribution in [-0.2, 0) is 21.4 Å². The summed E-state index contributed by atoms with van der Waals surface area (Å²) in [5.41, 5.74) is 2.35. The fourth-order valence-corrected chi connectivity index (χ4v) is 3.65. The second kappa shape index (κ2) is 8.24. The van der Waals surface area contributed by atoms with Crippen LogP contribution in [0.1, 0.15) is 83.9 Å². The van der Waals surface area contributed by atoms with Crippen LogP contribution in [0.3, 0.4) is 0 Å². The zero-order valence-corrected chi connectivity index (χ0v) is 17.2. The Morgan fingerprint density at radius 1 is 1.04 bits per heavy atom. The molecule has 2 atom stereocenters. The Balaban J connectivity index is 3.23. The van der Waals surface area contributed by atoms with Gasteiger partial charge in [0.1, 0.15) is 0 Å². The number of hydrogen-bond donors (Lipinski definition) is 2. The molecule has 0 aliphatic heterocycles. The molecular weight excluding hydrogens is 328 g/mol. The van der Waals surface area contributed by atoms with Crippen LogP contribution in [0.25, 0.3) is 0 Å². The molecule has 2 N–H and O–H groups in total. The molecule has 0 spiro atoms. The molecule has 0 radical (unpaired) electrons. The Labute approximate surface area is 157 Å². The van der Waals surface area contributed by atoms with E-state index in [1.807, 2.05) is 0 Å². The SMILES string of the molecule is CCc1cc(C(C)CC(C)C(=O)O)cc(C(C)(C)CC(C)(C)C(=O)O)c1. The van der Waals surface area contributed by atoms with E-state index in [0.717, 1.165) is 17.5 Å².